The molecule has 1 aliphatic rings. The number of nitrogens with zero attached hydrogens (tertiary/aromatic N) is 1. The largest absolute Gasteiger partial charge is 0.486 e. The van der Waals surface area contributed by atoms with Crippen molar-refractivity contribution in [3.8, 4) is 5.75 Å². The summed E-state index contributed by atoms with van der Waals surface area (Å²) in [6.07, 6.45) is 0.806. The molecule has 1 heterocycles. The normalized spacial score (nSPS) is 18.8. The predicted octanol–water partition coefficient (Wildman–Crippen LogP) is 2.23. The van der Waals surface area contributed by atoms with Crippen LogP contribution in [0.2, 0.25) is 0 Å². The highest BCUT2D eigenvalue weighted by Gasteiger charge is 2.30. The molecule has 22 heavy (non-hydrogen) atoms. The maximum atomic E-state index is 12.0. The Hall–Kier alpha value is -1.59. The van der Waals surface area contributed by atoms with Crippen molar-refractivity contribution in [2.24, 2.45) is 11.7 Å². The molecular formula is C17H26N2O3. The number of carbonyl (C=O) groups is 1. The first-order chi connectivity index (χ1) is 10.4. The van der Waals surface area contributed by atoms with Crippen LogP contribution in [0.15, 0.2) is 18.2 Å². The lowest BCUT2D eigenvalue weighted by molar-refractivity contribution is -0.117. The minimum atomic E-state index is -0.564. The molecule has 2 rings (SSSR count). The summed E-state index contributed by atoms with van der Waals surface area (Å²) in [7, 11) is 0. The second-order valence-corrected chi connectivity index (χ2v) is 6.20. The van der Waals surface area contributed by atoms with Gasteiger partial charge in [0.05, 0.1) is 18.3 Å². The van der Waals surface area contributed by atoms with Crippen LogP contribution in [0.3, 0.4) is 0 Å². The molecule has 1 aliphatic heterocycles. The Bertz CT molecular complexity index is 531. The molecule has 2 unspecified atom stereocenters. The average Bonchev–Trinajstić information content (AvgIpc) is 2.50. The highest BCUT2D eigenvalue weighted by atomic mass is 16.5. The van der Waals surface area contributed by atoms with Gasteiger partial charge in [0.15, 0.2) is 0 Å². The number of hydrogen-bond donors (Lipinski definition) is 2. The molecule has 0 bridgehead atoms. The number of aliphatic hydroxyl groups is 1. The molecule has 0 fully saturated rings. The van der Waals surface area contributed by atoms with Gasteiger partial charge >= 0.3 is 0 Å². The van der Waals surface area contributed by atoms with Crippen molar-refractivity contribution < 1.29 is 14.6 Å². The first-order valence-electron chi connectivity index (χ1n) is 7.91. The molecular weight excluding hydrogens is 280 g/mol. The van der Waals surface area contributed by atoms with E-state index in [0.29, 0.717) is 31.2 Å². The Morgan fingerprint density at radius 2 is 2.23 bits per heavy atom. The minimum absolute atomic E-state index is 0.00980. The molecule has 5 heteroatoms. The molecule has 0 radical (unpaired) electrons. The van der Waals surface area contributed by atoms with E-state index in [9.17, 15) is 9.90 Å². The topological polar surface area (TPSA) is 75.8 Å². The molecule has 2 atom stereocenters. The third kappa shape index (κ3) is 3.59. The van der Waals surface area contributed by atoms with Gasteiger partial charge in [-0.25, -0.2) is 0 Å². The van der Waals surface area contributed by atoms with Crippen molar-refractivity contribution in [3.63, 3.8) is 0 Å². The van der Waals surface area contributed by atoms with E-state index in [1.165, 1.54) is 0 Å². The van der Waals surface area contributed by atoms with Gasteiger partial charge in [0.25, 0.3) is 0 Å². The van der Waals surface area contributed by atoms with Crippen molar-refractivity contribution in [3.05, 3.63) is 23.8 Å². The molecule has 0 saturated carbocycles. The molecule has 1 amide bonds. The number of nitrogens with two attached hydrogens (primary N) is 1. The first kappa shape index (κ1) is 16.8. The van der Waals surface area contributed by atoms with Crippen molar-refractivity contribution in [2.75, 3.05) is 18.0 Å². The summed E-state index contributed by atoms with van der Waals surface area (Å²) >= 11 is 0. The van der Waals surface area contributed by atoms with Crippen LogP contribution in [0, 0.1) is 5.92 Å². The van der Waals surface area contributed by atoms with Gasteiger partial charge in [0, 0.05) is 6.92 Å². The summed E-state index contributed by atoms with van der Waals surface area (Å²) in [5.41, 5.74) is 7.03. The van der Waals surface area contributed by atoms with E-state index >= 15 is 0 Å². The van der Waals surface area contributed by atoms with E-state index in [4.69, 9.17) is 10.5 Å². The fourth-order valence-electron chi connectivity index (χ4n) is 2.65. The lowest BCUT2D eigenvalue weighted by Gasteiger charge is -2.36. The monoisotopic (exact) mass is 306 g/mol. The number of fused-ring (bicyclic) bond motifs is 1. The second kappa shape index (κ2) is 7.11. The Balaban J connectivity index is 2.30. The zero-order valence-electron chi connectivity index (χ0n) is 13.6. The predicted molar refractivity (Wildman–Crippen MR) is 87.0 cm³/mol. The molecule has 1 aromatic carbocycles. The fraction of sp³-hybridized carbons (Fsp3) is 0.588. The number of ether oxygens (including phenoxy) is 1. The van der Waals surface area contributed by atoms with Crippen molar-refractivity contribution in [2.45, 2.75) is 45.8 Å². The Morgan fingerprint density at radius 3 is 2.82 bits per heavy atom. The maximum absolute atomic E-state index is 12.0. The third-order valence-corrected chi connectivity index (χ3v) is 4.10. The van der Waals surface area contributed by atoms with Crippen LogP contribution >= 0.6 is 0 Å². The number of benzene rings is 1. The average molecular weight is 306 g/mol. The van der Waals surface area contributed by atoms with Crippen LogP contribution in [0.25, 0.3) is 0 Å². The summed E-state index contributed by atoms with van der Waals surface area (Å²) in [6.45, 7) is 6.82. The first-order valence-corrected chi connectivity index (χ1v) is 7.91. The number of amides is 1. The van der Waals surface area contributed by atoms with Gasteiger partial charge in [-0.15, -0.1) is 0 Å². The van der Waals surface area contributed by atoms with Gasteiger partial charge in [-0.3, -0.25) is 4.79 Å². The van der Waals surface area contributed by atoms with Crippen LogP contribution in [-0.4, -0.2) is 30.2 Å². The third-order valence-electron chi connectivity index (χ3n) is 4.10. The smallest absolute Gasteiger partial charge is 0.224 e. The lowest BCUT2D eigenvalue weighted by atomic mass is 10.0. The van der Waals surface area contributed by atoms with Gasteiger partial charge < -0.3 is 20.5 Å². The molecule has 0 saturated heterocycles. The highest BCUT2D eigenvalue weighted by molar-refractivity contribution is 5.93. The number of hydrogen-bond acceptors (Lipinski definition) is 4. The van der Waals surface area contributed by atoms with E-state index in [1.54, 1.807) is 11.8 Å². The van der Waals surface area contributed by atoms with Gasteiger partial charge in [0.1, 0.15) is 11.9 Å². The van der Waals surface area contributed by atoms with Crippen molar-refractivity contribution in [1.29, 1.82) is 0 Å². The summed E-state index contributed by atoms with van der Waals surface area (Å²) in [5, 5.41) is 10.2. The molecule has 0 spiro atoms. The number of rotatable bonds is 5. The van der Waals surface area contributed by atoms with E-state index in [2.05, 4.69) is 13.8 Å². The number of anilines is 1. The SMILES string of the molecule is CC(=O)N1CC(C(C)C)Oc2ccc(C(O)CCCN)cc21. The van der Waals surface area contributed by atoms with Crippen LogP contribution in [0.1, 0.15) is 45.3 Å². The number of aliphatic hydroxyl groups excluding tert-OH is 1. The molecule has 122 valence electrons. The standard InChI is InChI=1S/C17H26N2O3/c1-11(2)17-10-19(12(3)20)14-9-13(6-7-16(14)22-17)15(21)5-4-8-18/h6-7,9,11,15,17,21H,4-5,8,10,18H2,1-3H3. The quantitative estimate of drug-likeness (QED) is 0.874. The molecule has 3 N–H and O–H groups in total. The maximum Gasteiger partial charge on any atom is 0.224 e. The fourth-order valence-corrected chi connectivity index (χ4v) is 2.65. The van der Waals surface area contributed by atoms with Gasteiger partial charge in [0.2, 0.25) is 5.91 Å². The summed E-state index contributed by atoms with van der Waals surface area (Å²) in [5.74, 6) is 1.02. The van der Waals surface area contributed by atoms with Crippen LogP contribution in [0.4, 0.5) is 5.69 Å². The zero-order chi connectivity index (χ0) is 16.3. The lowest BCUT2D eigenvalue weighted by Crippen LogP contribution is -2.45. The summed E-state index contributed by atoms with van der Waals surface area (Å²) < 4.78 is 5.99. The van der Waals surface area contributed by atoms with Crippen LogP contribution < -0.4 is 15.4 Å². The number of carbonyl (C=O) groups excluding carboxylic acids is 1. The van der Waals surface area contributed by atoms with Crippen molar-refractivity contribution >= 4 is 11.6 Å². The summed E-state index contributed by atoms with van der Waals surface area (Å²) in [4.78, 5) is 13.7. The Morgan fingerprint density at radius 1 is 1.50 bits per heavy atom. The molecule has 1 aromatic rings. The Labute approximate surface area is 132 Å². The van der Waals surface area contributed by atoms with E-state index in [-0.39, 0.29) is 12.0 Å². The highest BCUT2D eigenvalue weighted by Crippen LogP contribution is 2.37. The van der Waals surface area contributed by atoms with Crippen LogP contribution in [0.5, 0.6) is 5.75 Å². The molecule has 0 aromatic heterocycles. The molecule has 5 nitrogen and oxygen atoms in total. The second-order valence-electron chi connectivity index (χ2n) is 6.20. The van der Waals surface area contributed by atoms with E-state index < -0.39 is 6.10 Å². The Kier molecular flexibility index (Phi) is 5.42. The van der Waals surface area contributed by atoms with Gasteiger partial charge in [-0.1, -0.05) is 19.9 Å². The summed E-state index contributed by atoms with van der Waals surface area (Å²) in [6, 6.07) is 5.57. The van der Waals surface area contributed by atoms with Gasteiger partial charge in [-0.05, 0) is 43.0 Å². The van der Waals surface area contributed by atoms with Gasteiger partial charge in [-0.2, -0.15) is 0 Å². The van der Waals surface area contributed by atoms with Crippen molar-refractivity contribution in [1.82, 2.24) is 0 Å². The van der Waals surface area contributed by atoms with E-state index in [0.717, 1.165) is 17.7 Å². The van der Waals surface area contributed by atoms with E-state index in [1.807, 2.05) is 18.2 Å². The zero-order valence-corrected chi connectivity index (χ0v) is 13.6. The minimum Gasteiger partial charge on any atom is -0.486 e. The molecule has 0 aliphatic carbocycles. The van der Waals surface area contributed by atoms with Crippen LogP contribution in [-0.2, 0) is 4.79 Å².